The molecule has 1 aliphatic heterocycles. The molecule has 1 amide bonds. The second-order valence-corrected chi connectivity index (χ2v) is 8.03. The van der Waals surface area contributed by atoms with Crippen LogP contribution in [0.1, 0.15) is 64.7 Å². The standard InChI is InChI=1S/C21H34N4O5/c1-7-25(15-10-12-24(13-11-15)20(27)30-21(4,5)6)19-22-14-16(18(26)29-9-3)17(23-19)28-8-2/h14-15H,7-13H2,1-6H3. The van der Waals surface area contributed by atoms with E-state index in [-0.39, 0.29) is 30.2 Å². The van der Waals surface area contributed by atoms with Crippen LogP contribution >= 0.6 is 0 Å². The molecule has 1 aromatic rings. The normalized spacial score (nSPS) is 14.9. The van der Waals surface area contributed by atoms with E-state index < -0.39 is 11.6 Å². The number of piperidine rings is 1. The maximum absolute atomic E-state index is 12.3. The predicted octanol–water partition coefficient (Wildman–Crippen LogP) is 3.28. The first-order valence-corrected chi connectivity index (χ1v) is 10.6. The third-order valence-electron chi connectivity index (χ3n) is 4.67. The van der Waals surface area contributed by atoms with Crippen molar-refractivity contribution in [1.29, 1.82) is 0 Å². The van der Waals surface area contributed by atoms with E-state index in [0.29, 0.717) is 32.2 Å². The van der Waals surface area contributed by atoms with Crippen molar-refractivity contribution in [3.63, 3.8) is 0 Å². The third-order valence-corrected chi connectivity index (χ3v) is 4.67. The average Bonchev–Trinajstić information content (AvgIpc) is 2.68. The van der Waals surface area contributed by atoms with Crippen LogP contribution in [0.5, 0.6) is 5.88 Å². The zero-order valence-corrected chi connectivity index (χ0v) is 18.9. The minimum Gasteiger partial charge on any atom is -0.477 e. The molecule has 0 spiro atoms. The Morgan fingerprint density at radius 3 is 2.37 bits per heavy atom. The lowest BCUT2D eigenvalue weighted by molar-refractivity contribution is 0.0204. The van der Waals surface area contributed by atoms with Crippen molar-refractivity contribution >= 4 is 18.0 Å². The molecule has 0 aromatic carbocycles. The zero-order chi connectivity index (χ0) is 22.3. The van der Waals surface area contributed by atoms with E-state index in [1.165, 1.54) is 6.20 Å². The molecule has 1 aliphatic rings. The minimum absolute atomic E-state index is 0.177. The second-order valence-electron chi connectivity index (χ2n) is 8.03. The lowest BCUT2D eigenvalue weighted by atomic mass is 10.0. The fourth-order valence-electron chi connectivity index (χ4n) is 3.34. The molecule has 9 heteroatoms. The van der Waals surface area contributed by atoms with Crippen LogP contribution in [0.3, 0.4) is 0 Å². The predicted molar refractivity (Wildman–Crippen MR) is 113 cm³/mol. The highest BCUT2D eigenvalue weighted by Crippen LogP contribution is 2.25. The molecule has 30 heavy (non-hydrogen) atoms. The monoisotopic (exact) mass is 422 g/mol. The van der Waals surface area contributed by atoms with Crippen molar-refractivity contribution in [3.8, 4) is 5.88 Å². The zero-order valence-electron chi connectivity index (χ0n) is 18.9. The van der Waals surface area contributed by atoms with Gasteiger partial charge in [-0.15, -0.1) is 0 Å². The molecule has 9 nitrogen and oxygen atoms in total. The minimum atomic E-state index is -0.506. The molecule has 1 fully saturated rings. The smallest absolute Gasteiger partial charge is 0.410 e. The fourth-order valence-corrected chi connectivity index (χ4v) is 3.34. The molecule has 0 atom stereocenters. The summed E-state index contributed by atoms with van der Waals surface area (Å²) in [5.41, 5.74) is -0.286. The van der Waals surface area contributed by atoms with Crippen molar-refractivity contribution in [2.75, 3.05) is 37.7 Å². The summed E-state index contributed by atoms with van der Waals surface area (Å²) in [6.07, 6.45) is 2.74. The van der Waals surface area contributed by atoms with E-state index in [9.17, 15) is 9.59 Å². The van der Waals surface area contributed by atoms with Gasteiger partial charge in [0, 0.05) is 25.7 Å². The molecule has 1 saturated heterocycles. The van der Waals surface area contributed by atoms with Crippen LogP contribution in [-0.2, 0) is 9.47 Å². The Hall–Kier alpha value is -2.58. The van der Waals surface area contributed by atoms with Crippen LogP contribution in [0, 0.1) is 0 Å². The van der Waals surface area contributed by atoms with Gasteiger partial charge in [-0.05, 0) is 54.4 Å². The van der Waals surface area contributed by atoms with Gasteiger partial charge in [-0.2, -0.15) is 4.98 Å². The van der Waals surface area contributed by atoms with Gasteiger partial charge in [-0.3, -0.25) is 0 Å². The highest BCUT2D eigenvalue weighted by atomic mass is 16.6. The summed E-state index contributed by atoms with van der Waals surface area (Å²) in [6, 6.07) is 0.177. The van der Waals surface area contributed by atoms with Gasteiger partial charge in [0.1, 0.15) is 11.2 Å². The molecule has 0 aliphatic carbocycles. The summed E-state index contributed by atoms with van der Waals surface area (Å²) in [5.74, 6) is 0.233. The van der Waals surface area contributed by atoms with Gasteiger partial charge < -0.3 is 24.0 Å². The van der Waals surface area contributed by atoms with Crippen molar-refractivity contribution < 1.29 is 23.8 Å². The number of hydrogen-bond donors (Lipinski definition) is 0. The van der Waals surface area contributed by atoms with E-state index in [4.69, 9.17) is 14.2 Å². The summed E-state index contributed by atoms with van der Waals surface area (Å²) in [4.78, 5) is 37.2. The van der Waals surface area contributed by atoms with Gasteiger partial charge >= 0.3 is 12.1 Å². The summed E-state index contributed by atoms with van der Waals surface area (Å²) in [6.45, 7) is 13.8. The number of aromatic nitrogens is 2. The van der Waals surface area contributed by atoms with Crippen LogP contribution in [0.2, 0.25) is 0 Å². The molecule has 0 saturated carbocycles. The maximum atomic E-state index is 12.3. The van der Waals surface area contributed by atoms with Crippen LogP contribution < -0.4 is 9.64 Å². The topological polar surface area (TPSA) is 94.1 Å². The molecule has 2 rings (SSSR count). The van der Waals surface area contributed by atoms with Crippen molar-refractivity contribution in [2.45, 2.75) is 66.0 Å². The Kier molecular flexibility index (Phi) is 8.25. The Bertz CT molecular complexity index is 727. The highest BCUT2D eigenvalue weighted by molar-refractivity contribution is 5.91. The van der Waals surface area contributed by atoms with Crippen molar-refractivity contribution in [1.82, 2.24) is 14.9 Å². The van der Waals surface area contributed by atoms with Crippen molar-refractivity contribution in [3.05, 3.63) is 11.8 Å². The first kappa shape index (κ1) is 23.7. The van der Waals surface area contributed by atoms with E-state index in [0.717, 1.165) is 12.8 Å². The molecule has 0 N–H and O–H groups in total. The summed E-state index contributed by atoms with van der Waals surface area (Å²) in [7, 11) is 0. The molecule has 0 unspecified atom stereocenters. The number of carbonyl (C=O) groups excluding carboxylic acids is 2. The molecule has 2 heterocycles. The van der Waals surface area contributed by atoms with E-state index in [1.54, 1.807) is 11.8 Å². The Labute approximate surface area is 178 Å². The number of ether oxygens (including phenoxy) is 3. The SMILES string of the molecule is CCOC(=O)c1cnc(N(CC)C2CCN(C(=O)OC(C)(C)C)CC2)nc1OCC. The van der Waals surface area contributed by atoms with Crippen LogP contribution in [0.4, 0.5) is 10.7 Å². The quantitative estimate of drug-likeness (QED) is 0.618. The number of likely N-dealkylation sites (tertiary alicyclic amines) is 1. The second kappa shape index (κ2) is 10.4. The number of nitrogens with zero attached hydrogens (tertiary/aromatic N) is 4. The largest absolute Gasteiger partial charge is 0.477 e. The first-order valence-electron chi connectivity index (χ1n) is 10.6. The summed E-state index contributed by atoms with van der Waals surface area (Å²) in [5, 5.41) is 0. The van der Waals surface area contributed by atoms with Gasteiger partial charge in [0.15, 0.2) is 0 Å². The lowest BCUT2D eigenvalue weighted by Gasteiger charge is -2.38. The Morgan fingerprint density at radius 2 is 1.83 bits per heavy atom. The average molecular weight is 423 g/mol. The number of carbonyl (C=O) groups is 2. The molecular weight excluding hydrogens is 388 g/mol. The van der Waals surface area contributed by atoms with Crippen LogP contribution in [-0.4, -0.2) is 71.4 Å². The number of esters is 1. The molecule has 168 valence electrons. The fraction of sp³-hybridized carbons (Fsp3) is 0.714. The van der Waals surface area contributed by atoms with Crippen LogP contribution in [0.15, 0.2) is 6.20 Å². The van der Waals surface area contributed by atoms with Crippen molar-refractivity contribution in [2.24, 2.45) is 0 Å². The summed E-state index contributed by atoms with van der Waals surface area (Å²) >= 11 is 0. The third kappa shape index (κ3) is 6.21. The molecule has 0 bridgehead atoms. The number of rotatable bonds is 7. The van der Waals surface area contributed by atoms with Gasteiger partial charge in [-0.25, -0.2) is 14.6 Å². The Morgan fingerprint density at radius 1 is 1.17 bits per heavy atom. The maximum Gasteiger partial charge on any atom is 0.410 e. The number of hydrogen-bond acceptors (Lipinski definition) is 8. The molecule has 1 aromatic heterocycles. The van der Waals surface area contributed by atoms with E-state index >= 15 is 0 Å². The highest BCUT2D eigenvalue weighted by Gasteiger charge is 2.30. The van der Waals surface area contributed by atoms with E-state index in [2.05, 4.69) is 14.9 Å². The van der Waals surface area contributed by atoms with Gasteiger partial charge in [0.05, 0.1) is 19.4 Å². The summed E-state index contributed by atoms with van der Waals surface area (Å²) < 4.78 is 16.1. The molecular formula is C21H34N4O5. The van der Waals surface area contributed by atoms with E-state index in [1.807, 2.05) is 34.6 Å². The number of anilines is 1. The first-order chi connectivity index (χ1) is 14.2. The van der Waals surface area contributed by atoms with Crippen LogP contribution in [0.25, 0.3) is 0 Å². The lowest BCUT2D eigenvalue weighted by Crippen LogP contribution is -2.48. The number of amides is 1. The van der Waals surface area contributed by atoms with Gasteiger partial charge in [-0.1, -0.05) is 0 Å². The van der Waals surface area contributed by atoms with Gasteiger partial charge in [0.25, 0.3) is 0 Å². The molecule has 0 radical (unpaired) electrons. The Balaban J connectivity index is 2.11. The van der Waals surface area contributed by atoms with Gasteiger partial charge in [0.2, 0.25) is 11.8 Å².